The van der Waals surface area contributed by atoms with Gasteiger partial charge in [-0.3, -0.25) is 0 Å². The molecular formula is C8H19N3. The lowest BCUT2D eigenvalue weighted by atomic mass is 9.98. The Morgan fingerprint density at radius 3 is 2.91 bits per heavy atom. The largest absolute Gasteiger partial charge is 0.402 e. The summed E-state index contributed by atoms with van der Waals surface area (Å²) in [4.78, 5) is 0. The molecule has 1 atom stereocenters. The van der Waals surface area contributed by atoms with Crippen LogP contribution < -0.4 is 11.1 Å². The van der Waals surface area contributed by atoms with Crippen molar-refractivity contribution in [2.24, 2.45) is 11.7 Å². The summed E-state index contributed by atoms with van der Waals surface area (Å²) in [6, 6.07) is 0. The van der Waals surface area contributed by atoms with Gasteiger partial charge < -0.3 is 16.5 Å². The zero-order valence-corrected chi connectivity index (χ0v) is 6.85. The first kappa shape index (κ1) is 8.27. The fourth-order valence-corrected chi connectivity index (χ4v) is 1.47. The zero-order chi connectivity index (χ0) is 8.27. The van der Waals surface area contributed by atoms with E-state index in [0.29, 0.717) is 5.92 Å². The molecule has 1 heterocycles. The van der Waals surface area contributed by atoms with Gasteiger partial charge in [-0.2, -0.15) is 0 Å². The third-order valence-electron chi connectivity index (χ3n) is 2.11. The van der Waals surface area contributed by atoms with Crippen molar-refractivity contribution in [3.63, 3.8) is 0 Å². The van der Waals surface area contributed by atoms with Gasteiger partial charge in [0.2, 0.25) is 0 Å². The molecule has 1 unspecified atom stereocenters. The van der Waals surface area contributed by atoms with Crippen LogP contribution >= 0.6 is 0 Å². The number of nitrogens with one attached hydrogen (secondary N) is 2. The molecule has 0 amide bonds. The van der Waals surface area contributed by atoms with Gasteiger partial charge in [-0.1, -0.05) is 0 Å². The van der Waals surface area contributed by atoms with Crippen molar-refractivity contribution in [2.75, 3.05) is 13.1 Å². The molecule has 0 aromatic heterocycles. The predicted molar refractivity (Wildman–Crippen MR) is 50.9 cm³/mol. The maximum absolute atomic E-state index is 7.16. The molecule has 66 valence electrons. The number of rotatable bonds is 2. The van der Waals surface area contributed by atoms with E-state index in [-0.39, 0.29) is 2.85 Å². The second-order valence-electron chi connectivity index (χ2n) is 2.97. The van der Waals surface area contributed by atoms with Crippen molar-refractivity contribution in [1.82, 2.24) is 5.32 Å². The number of hydrogen-bond acceptors (Lipinski definition) is 3. The monoisotopic (exact) mass is 157 g/mol. The van der Waals surface area contributed by atoms with Crippen LogP contribution in [0.1, 0.15) is 16.2 Å². The molecule has 0 aromatic rings. The molecule has 1 rings (SSSR count). The van der Waals surface area contributed by atoms with Crippen molar-refractivity contribution < 1.29 is 2.85 Å². The molecule has 0 radical (unpaired) electrons. The Morgan fingerprint density at radius 1 is 1.82 bits per heavy atom. The van der Waals surface area contributed by atoms with Crippen LogP contribution in [0.4, 0.5) is 0 Å². The Bertz CT molecular complexity index is 182. The van der Waals surface area contributed by atoms with E-state index in [1.807, 2.05) is 6.92 Å². The Kier molecular flexibility index (Phi) is 2.65. The van der Waals surface area contributed by atoms with Crippen LogP contribution in [0.25, 0.3) is 0 Å². The topological polar surface area (TPSA) is 61.9 Å². The second kappa shape index (κ2) is 3.53. The number of allylic oxidation sites excluding steroid dienone is 1. The van der Waals surface area contributed by atoms with Gasteiger partial charge in [0, 0.05) is 27.2 Å². The average molecular weight is 157 g/mol. The summed E-state index contributed by atoms with van der Waals surface area (Å²) >= 11 is 0. The van der Waals surface area contributed by atoms with E-state index >= 15 is 0 Å². The first-order chi connectivity index (χ1) is 5.25. The smallest absolute Gasteiger partial charge is 0.0230 e. The van der Waals surface area contributed by atoms with E-state index in [1.54, 1.807) is 0 Å². The fraction of sp³-hybridized carbons (Fsp3) is 0.625. The van der Waals surface area contributed by atoms with Gasteiger partial charge in [0.25, 0.3) is 0 Å². The molecule has 0 bridgehead atoms. The Balaban J connectivity index is 0. The highest BCUT2D eigenvalue weighted by atomic mass is 14.9. The summed E-state index contributed by atoms with van der Waals surface area (Å²) < 4.78 is 0. The molecule has 0 aromatic carbocycles. The second-order valence-corrected chi connectivity index (χ2v) is 2.97. The standard InChI is InChI=1S/C8H15N3.2H2/c1-6(10)8(4-9)7-2-3-11-5-7;;/h4,7,9,11H,2-3,5,10H2,1H3;2*1H/b8-6+,9-4?;;. The fourth-order valence-electron chi connectivity index (χ4n) is 1.47. The van der Waals surface area contributed by atoms with Gasteiger partial charge in [0.1, 0.15) is 0 Å². The minimum absolute atomic E-state index is 0. The van der Waals surface area contributed by atoms with Crippen LogP contribution in [-0.4, -0.2) is 19.3 Å². The van der Waals surface area contributed by atoms with E-state index < -0.39 is 0 Å². The first-order valence-corrected chi connectivity index (χ1v) is 3.93. The number of hydrogen-bond donors (Lipinski definition) is 3. The van der Waals surface area contributed by atoms with Gasteiger partial charge >= 0.3 is 0 Å². The molecule has 11 heavy (non-hydrogen) atoms. The molecule has 0 spiro atoms. The summed E-state index contributed by atoms with van der Waals surface area (Å²) in [5, 5.41) is 10.4. The molecule has 1 saturated heterocycles. The lowest BCUT2D eigenvalue weighted by Crippen LogP contribution is -2.14. The molecule has 1 aliphatic heterocycles. The lowest BCUT2D eigenvalue weighted by Gasteiger charge is -2.09. The predicted octanol–water partition coefficient (Wildman–Crippen LogP) is 0.970. The zero-order valence-electron chi connectivity index (χ0n) is 6.85. The molecule has 3 heteroatoms. The minimum Gasteiger partial charge on any atom is -0.402 e. The van der Waals surface area contributed by atoms with Crippen molar-refractivity contribution in [3.05, 3.63) is 11.3 Å². The van der Waals surface area contributed by atoms with Crippen LogP contribution in [-0.2, 0) is 0 Å². The van der Waals surface area contributed by atoms with E-state index in [9.17, 15) is 0 Å². The molecule has 1 fully saturated rings. The SMILES string of the molecule is C/C(N)=C(/C=N)C1CCNC1.[HH].[HH]. The molecular weight excluding hydrogens is 138 g/mol. The maximum Gasteiger partial charge on any atom is 0.0230 e. The van der Waals surface area contributed by atoms with Gasteiger partial charge in [-0.25, -0.2) is 0 Å². The average Bonchev–Trinajstić information content (AvgIpc) is 2.40. The van der Waals surface area contributed by atoms with E-state index in [1.165, 1.54) is 6.21 Å². The van der Waals surface area contributed by atoms with Gasteiger partial charge in [0.05, 0.1) is 0 Å². The van der Waals surface area contributed by atoms with Gasteiger partial charge in [0.15, 0.2) is 0 Å². The third-order valence-corrected chi connectivity index (χ3v) is 2.11. The Hall–Kier alpha value is -0.830. The van der Waals surface area contributed by atoms with E-state index in [2.05, 4.69) is 5.32 Å². The summed E-state index contributed by atoms with van der Waals surface area (Å²) in [7, 11) is 0. The molecule has 0 saturated carbocycles. The van der Waals surface area contributed by atoms with Crippen LogP contribution in [0, 0.1) is 11.3 Å². The van der Waals surface area contributed by atoms with Crippen molar-refractivity contribution >= 4 is 6.21 Å². The van der Waals surface area contributed by atoms with Crippen molar-refractivity contribution in [2.45, 2.75) is 13.3 Å². The summed E-state index contributed by atoms with van der Waals surface area (Å²) in [5.41, 5.74) is 7.41. The Labute approximate surface area is 70.1 Å². The lowest BCUT2D eigenvalue weighted by molar-refractivity contribution is 0.700. The first-order valence-electron chi connectivity index (χ1n) is 3.93. The highest BCUT2D eigenvalue weighted by molar-refractivity contribution is 5.77. The number of nitrogens with two attached hydrogens (primary N) is 1. The minimum atomic E-state index is 0. The summed E-state index contributed by atoms with van der Waals surface area (Å²) in [6.45, 7) is 3.88. The van der Waals surface area contributed by atoms with E-state index in [0.717, 1.165) is 30.8 Å². The normalized spacial score (nSPS) is 26.5. The molecule has 4 N–H and O–H groups in total. The Morgan fingerprint density at radius 2 is 2.55 bits per heavy atom. The molecule has 1 aliphatic rings. The van der Waals surface area contributed by atoms with Crippen molar-refractivity contribution in [3.8, 4) is 0 Å². The van der Waals surface area contributed by atoms with Crippen molar-refractivity contribution in [1.29, 1.82) is 5.41 Å². The molecule has 0 aliphatic carbocycles. The van der Waals surface area contributed by atoms with Crippen LogP contribution in [0.2, 0.25) is 0 Å². The summed E-state index contributed by atoms with van der Waals surface area (Å²) in [6.07, 6.45) is 2.49. The molecule has 3 nitrogen and oxygen atoms in total. The van der Waals surface area contributed by atoms with Crippen LogP contribution in [0.3, 0.4) is 0 Å². The quantitative estimate of drug-likeness (QED) is 0.523. The van der Waals surface area contributed by atoms with Crippen LogP contribution in [0.15, 0.2) is 11.3 Å². The highest BCUT2D eigenvalue weighted by Crippen LogP contribution is 2.17. The maximum atomic E-state index is 7.16. The third kappa shape index (κ3) is 1.80. The van der Waals surface area contributed by atoms with Crippen LogP contribution in [0.5, 0.6) is 0 Å². The van der Waals surface area contributed by atoms with Gasteiger partial charge in [-0.05, 0) is 25.5 Å². The van der Waals surface area contributed by atoms with Gasteiger partial charge in [-0.15, -0.1) is 0 Å². The highest BCUT2D eigenvalue weighted by Gasteiger charge is 2.18. The summed E-state index contributed by atoms with van der Waals surface area (Å²) in [5.74, 6) is 0.470. The van der Waals surface area contributed by atoms with E-state index in [4.69, 9.17) is 11.1 Å².